The van der Waals surface area contributed by atoms with E-state index < -0.39 is 0 Å². The van der Waals surface area contributed by atoms with Crippen LogP contribution in [-0.2, 0) is 23.8 Å². The Morgan fingerprint density at radius 2 is 2.10 bits per heavy atom. The van der Waals surface area contributed by atoms with E-state index in [1.54, 1.807) is 0 Å². The van der Waals surface area contributed by atoms with Crippen molar-refractivity contribution in [3.8, 4) is 0 Å². The SMILES string of the molecule is CO[C@]12CC(C)CN(C)C1Cc1cn(C)c3cccc2c13. The Kier molecular flexibility index (Phi) is 2.76. The van der Waals surface area contributed by atoms with E-state index in [0.29, 0.717) is 12.0 Å². The first kappa shape index (κ1) is 13.4. The smallest absolute Gasteiger partial charge is 0.109 e. The summed E-state index contributed by atoms with van der Waals surface area (Å²) in [7, 11) is 6.30. The van der Waals surface area contributed by atoms with Gasteiger partial charge in [0.2, 0.25) is 0 Å². The number of aromatic nitrogens is 1. The molecular formula is C18H24N2O. The van der Waals surface area contributed by atoms with E-state index in [9.17, 15) is 0 Å². The van der Waals surface area contributed by atoms with Crippen molar-refractivity contribution in [2.45, 2.75) is 31.4 Å². The molecule has 1 aromatic carbocycles. The number of benzene rings is 1. The molecule has 2 aliphatic rings. The average molecular weight is 284 g/mol. The standard InChI is InChI=1S/C18H24N2O/c1-12-9-18(21-4)14-6-5-7-15-17(14)13(11-19(15)2)8-16(18)20(3)10-12/h5-7,11-12,16H,8-10H2,1-4H3/t12?,16?,18-/m0/s1. The van der Waals surface area contributed by atoms with Crippen LogP contribution >= 0.6 is 0 Å². The number of rotatable bonds is 1. The number of ether oxygens (including phenoxy) is 1. The maximum atomic E-state index is 6.23. The van der Waals surface area contributed by atoms with Gasteiger partial charge in [-0.05, 0) is 43.0 Å². The van der Waals surface area contributed by atoms with Crippen molar-refractivity contribution in [3.05, 3.63) is 35.5 Å². The van der Waals surface area contributed by atoms with Crippen LogP contribution in [0.1, 0.15) is 24.5 Å². The van der Waals surface area contributed by atoms with Gasteiger partial charge in [0.1, 0.15) is 5.60 Å². The molecule has 2 unspecified atom stereocenters. The number of hydrogen-bond donors (Lipinski definition) is 0. The Bertz CT molecular complexity index is 705. The van der Waals surface area contributed by atoms with Crippen LogP contribution in [0.3, 0.4) is 0 Å². The number of methoxy groups -OCH3 is 1. The summed E-state index contributed by atoms with van der Waals surface area (Å²) in [6, 6.07) is 7.14. The fraction of sp³-hybridized carbons (Fsp3) is 0.556. The van der Waals surface area contributed by atoms with E-state index in [-0.39, 0.29) is 5.60 Å². The predicted molar refractivity (Wildman–Crippen MR) is 85.5 cm³/mol. The molecule has 1 aliphatic heterocycles. The highest BCUT2D eigenvalue weighted by Gasteiger charge is 2.50. The molecule has 0 radical (unpaired) electrons. The lowest BCUT2D eigenvalue weighted by molar-refractivity contribution is -0.122. The van der Waals surface area contributed by atoms with E-state index in [2.05, 4.69) is 54.9 Å². The highest BCUT2D eigenvalue weighted by molar-refractivity contribution is 5.89. The Balaban J connectivity index is 2.02. The van der Waals surface area contributed by atoms with Gasteiger partial charge in [0.15, 0.2) is 0 Å². The van der Waals surface area contributed by atoms with Crippen molar-refractivity contribution < 1.29 is 4.74 Å². The molecule has 0 N–H and O–H groups in total. The van der Waals surface area contributed by atoms with E-state index in [4.69, 9.17) is 4.74 Å². The zero-order valence-electron chi connectivity index (χ0n) is 13.4. The van der Waals surface area contributed by atoms with Gasteiger partial charge in [-0.3, -0.25) is 4.90 Å². The molecular weight excluding hydrogens is 260 g/mol. The minimum absolute atomic E-state index is 0.153. The highest BCUT2D eigenvalue weighted by atomic mass is 16.5. The van der Waals surface area contributed by atoms with Crippen LogP contribution in [-0.4, -0.2) is 36.2 Å². The molecule has 3 heteroatoms. The number of fused-ring (bicyclic) bond motifs is 2. The van der Waals surface area contributed by atoms with E-state index in [1.807, 2.05) is 7.11 Å². The van der Waals surface area contributed by atoms with Gasteiger partial charge >= 0.3 is 0 Å². The van der Waals surface area contributed by atoms with Crippen molar-refractivity contribution in [2.75, 3.05) is 20.7 Å². The Morgan fingerprint density at radius 1 is 1.29 bits per heavy atom. The Hall–Kier alpha value is -1.32. The summed E-state index contributed by atoms with van der Waals surface area (Å²) >= 11 is 0. The summed E-state index contributed by atoms with van der Waals surface area (Å²) in [5.41, 5.74) is 4.05. The minimum atomic E-state index is -0.153. The van der Waals surface area contributed by atoms with E-state index in [0.717, 1.165) is 19.4 Å². The molecule has 1 aliphatic carbocycles. The molecule has 112 valence electrons. The number of piperidine rings is 1. The van der Waals surface area contributed by atoms with Gasteiger partial charge in [0.25, 0.3) is 0 Å². The van der Waals surface area contributed by atoms with Crippen molar-refractivity contribution in [1.82, 2.24) is 9.47 Å². The second-order valence-electron chi connectivity index (χ2n) is 7.03. The lowest BCUT2D eigenvalue weighted by Crippen LogP contribution is -2.58. The second-order valence-corrected chi connectivity index (χ2v) is 7.03. The molecule has 0 saturated carbocycles. The third kappa shape index (κ3) is 1.62. The van der Waals surface area contributed by atoms with Crippen molar-refractivity contribution in [2.24, 2.45) is 13.0 Å². The molecule has 2 heterocycles. The molecule has 1 saturated heterocycles. The van der Waals surface area contributed by atoms with Crippen LogP contribution < -0.4 is 0 Å². The molecule has 2 aromatic rings. The average Bonchev–Trinajstić information content (AvgIpc) is 2.78. The zero-order valence-corrected chi connectivity index (χ0v) is 13.4. The summed E-state index contributed by atoms with van der Waals surface area (Å²) in [6.45, 7) is 3.50. The monoisotopic (exact) mass is 284 g/mol. The van der Waals surface area contributed by atoms with Crippen LogP contribution in [0.5, 0.6) is 0 Å². The zero-order chi connectivity index (χ0) is 14.8. The number of hydrogen-bond acceptors (Lipinski definition) is 2. The van der Waals surface area contributed by atoms with Crippen molar-refractivity contribution in [1.29, 1.82) is 0 Å². The van der Waals surface area contributed by atoms with Gasteiger partial charge in [-0.15, -0.1) is 0 Å². The predicted octanol–water partition coefficient (Wildman–Crippen LogP) is 2.92. The van der Waals surface area contributed by atoms with Crippen LogP contribution in [0.25, 0.3) is 10.9 Å². The lowest BCUT2D eigenvalue weighted by atomic mass is 9.69. The summed E-state index contributed by atoms with van der Waals surface area (Å²) in [4.78, 5) is 2.51. The first-order chi connectivity index (χ1) is 10.1. The number of nitrogens with zero attached hydrogens (tertiary/aromatic N) is 2. The maximum Gasteiger partial charge on any atom is 0.109 e. The molecule has 0 bridgehead atoms. The number of aryl methyl sites for hydroxylation is 1. The van der Waals surface area contributed by atoms with Crippen LogP contribution in [0.4, 0.5) is 0 Å². The topological polar surface area (TPSA) is 17.4 Å². The lowest BCUT2D eigenvalue weighted by Gasteiger charge is -2.52. The minimum Gasteiger partial charge on any atom is -0.372 e. The number of likely N-dealkylation sites (tertiary alicyclic amines) is 1. The van der Waals surface area contributed by atoms with E-state index >= 15 is 0 Å². The molecule has 1 aromatic heterocycles. The van der Waals surface area contributed by atoms with E-state index in [1.165, 1.54) is 22.0 Å². The fourth-order valence-corrected chi connectivity index (χ4v) is 4.89. The van der Waals surface area contributed by atoms with Gasteiger partial charge in [-0.25, -0.2) is 0 Å². The first-order valence-electron chi connectivity index (χ1n) is 7.89. The van der Waals surface area contributed by atoms with Crippen LogP contribution in [0, 0.1) is 5.92 Å². The molecule has 21 heavy (non-hydrogen) atoms. The van der Waals surface area contributed by atoms with Gasteiger partial charge in [0.05, 0.1) is 0 Å². The fourth-order valence-electron chi connectivity index (χ4n) is 4.89. The molecule has 4 rings (SSSR count). The van der Waals surface area contributed by atoms with Gasteiger partial charge in [0, 0.05) is 43.8 Å². The molecule has 0 spiro atoms. The molecule has 0 amide bonds. The molecule has 3 atom stereocenters. The Labute approximate surface area is 126 Å². The summed E-state index contributed by atoms with van der Waals surface area (Å²) < 4.78 is 8.49. The third-order valence-electron chi connectivity index (χ3n) is 5.65. The summed E-state index contributed by atoms with van der Waals surface area (Å²) in [6.07, 6.45) is 4.51. The van der Waals surface area contributed by atoms with Crippen molar-refractivity contribution in [3.63, 3.8) is 0 Å². The first-order valence-corrected chi connectivity index (χ1v) is 7.89. The largest absolute Gasteiger partial charge is 0.372 e. The number of likely N-dealkylation sites (N-methyl/N-ethyl adjacent to an activating group) is 1. The van der Waals surface area contributed by atoms with Crippen molar-refractivity contribution >= 4 is 10.9 Å². The van der Waals surface area contributed by atoms with Gasteiger partial charge in [-0.2, -0.15) is 0 Å². The molecule has 3 nitrogen and oxygen atoms in total. The third-order valence-corrected chi connectivity index (χ3v) is 5.65. The summed E-state index contributed by atoms with van der Waals surface area (Å²) in [5, 5.41) is 1.43. The van der Waals surface area contributed by atoms with Gasteiger partial charge < -0.3 is 9.30 Å². The van der Waals surface area contributed by atoms with Crippen LogP contribution in [0.15, 0.2) is 24.4 Å². The van der Waals surface area contributed by atoms with Crippen LogP contribution in [0.2, 0.25) is 0 Å². The quantitative estimate of drug-likeness (QED) is 0.801. The second kappa shape index (κ2) is 4.34. The van der Waals surface area contributed by atoms with Gasteiger partial charge in [-0.1, -0.05) is 19.1 Å². The summed E-state index contributed by atoms with van der Waals surface area (Å²) in [5.74, 6) is 0.659. The Morgan fingerprint density at radius 3 is 2.86 bits per heavy atom. The highest BCUT2D eigenvalue weighted by Crippen LogP contribution is 2.49. The molecule has 1 fully saturated rings. The normalized spacial score (nSPS) is 32.4. The maximum absolute atomic E-state index is 6.23.